The molecule has 0 atom stereocenters. The third-order valence-electron chi connectivity index (χ3n) is 13.0. The van der Waals surface area contributed by atoms with E-state index in [4.69, 9.17) is 13.6 Å². The lowest BCUT2D eigenvalue weighted by molar-refractivity contribution is 0.0761. The molecule has 3 aromatic heterocycles. The Morgan fingerprint density at radius 1 is 0.561 bits per heavy atom. The van der Waals surface area contributed by atoms with Crippen molar-refractivity contribution >= 4 is 17.8 Å². The largest absolute Gasteiger partial charge is 0.361 e. The number of rotatable bonds is 9. The van der Waals surface area contributed by atoms with Crippen LogP contribution in [0.4, 0.5) is 4.79 Å². The summed E-state index contributed by atoms with van der Waals surface area (Å²) in [5, 5.41) is 2.77. The summed E-state index contributed by atoms with van der Waals surface area (Å²) in [6.07, 6.45) is 9.05. The first-order valence-electron chi connectivity index (χ1n) is 23.2. The molecule has 3 heterocycles. The Morgan fingerprint density at radius 3 is 1.53 bits per heavy atom. The average Bonchev–Trinajstić information content (AvgIpc) is 3.93. The monoisotopic (exact) mass is 900 g/mol. The van der Waals surface area contributed by atoms with Gasteiger partial charge in [-0.3, -0.25) is 9.59 Å². The summed E-state index contributed by atoms with van der Waals surface area (Å²) in [6, 6.07) is 18.0. The van der Waals surface area contributed by atoms with Crippen molar-refractivity contribution < 1.29 is 28.0 Å². The quantitative estimate of drug-likeness (QED) is 0.149. The number of amides is 1. The molecule has 0 fully saturated rings. The van der Waals surface area contributed by atoms with Gasteiger partial charge in [-0.05, 0) is 169 Å². The summed E-state index contributed by atoms with van der Waals surface area (Å²) in [4.78, 5) is 72.5. The van der Waals surface area contributed by atoms with E-state index in [1.54, 1.807) is 6.92 Å². The Labute approximate surface area is 385 Å². The Hall–Kier alpha value is -6.50. The number of aryl methyl sites for hydroxylation is 7. The van der Waals surface area contributed by atoms with E-state index in [2.05, 4.69) is 63.3 Å². The standard InChI is InChI=1S/2C18H21NO3.C17H22N2O3/c1-12-6-5-7-13(2)14(12)10-11-17(20)19-16-9-4-3-8-15(16)18(21)22-19;1-12-7-8-14(11-13(12)2)9-10-17(20)19-16-6-4-3-5-15(16)18(21)22-19;1-10(2)15-13(5)19(22-16(15)20)17(21)18-9-14-7-6-11(3)12(4)8-14/h5-7H,3-4,8-11H2,1-2H3;7-8,11H,3-6,9-10H2,1-2H3;6-8,10H,9H2,1-5H3,(H,18,21). The van der Waals surface area contributed by atoms with Crippen LogP contribution in [0.3, 0.4) is 0 Å². The van der Waals surface area contributed by atoms with Crippen molar-refractivity contribution in [3.8, 4) is 0 Å². The van der Waals surface area contributed by atoms with Crippen LogP contribution in [0.1, 0.15) is 152 Å². The molecule has 2 aliphatic rings. The third kappa shape index (κ3) is 11.5. The molecule has 0 radical (unpaired) electrons. The van der Waals surface area contributed by atoms with Crippen LogP contribution in [0, 0.1) is 48.5 Å². The molecule has 13 heteroatoms. The van der Waals surface area contributed by atoms with Gasteiger partial charge in [-0.15, -0.1) is 14.2 Å². The number of carbonyl (C=O) groups is 3. The van der Waals surface area contributed by atoms with E-state index in [9.17, 15) is 28.8 Å². The van der Waals surface area contributed by atoms with E-state index >= 15 is 0 Å². The number of fused-ring (bicyclic) bond motifs is 2. The molecule has 2 aliphatic carbocycles. The molecule has 0 spiro atoms. The van der Waals surface area contributed by atoms with Gasteiger partial charge in [0.2, 0.25) is 0 Å². The lowest BCUT2D eigenvalue weighted by atomic mass is 9.97. The maximum Gasteiger partial charge on any atom is 0.361 e. The molecule has 0 saturated heterocycles. The topological polar surface area (TPSA) is 169 Å². The van der Waals surface area contributed by atoms with E-state index in [1.807, 2.05) is 52.0 Å². The molecule has 350 valence electrons. The minimum atomic E-state index is -0.450. The van der Waals surface area contributed by atoms with Gasteiger partial charge < -0.3 is 18.9 Å². The van der Waals surface area contributed by atoms with Crippen LogP contribution in [-0.4, -0.2) is 32.1 Å². The van der Waals surface area contributed by atoms with Gasteiger partial charge >= 0.3 is 22.9 Å². The average molecular weight is 901 g/mol. The highest BCUT2D eigenvalue weighted by Gasteiger charge is 2.26. The molecule has 8 rings (SSSR count). The molecule has 0 unspecified atom stereocenters. The maximum atomic E-state index is 12.5. The first-order valence-corrected chi connectivity index (χ1v) is 23.2. The van der Waals surface area contributed by atoms with Crippen molar-refractivity contribution in [2.75, 3.05) is 0 Å². The first kappa shape index (κ1) is 48.9. The Balaban J connectivity index is 0.000000164. The fourth-order valence-electron chi connectivity index (χ4n) is 8.81. The van der Waals surface area contributed by atoms with Gasteiger partial charge in [0.25, 0.3) is 11.8 Å². The minimum absolute atomic E-state index is 0.0186. The smallest absolute Gasteiger partial charge is 0.331 e. The highest BCUT2D eigenvalue weighted by Crippen LogP contribution is 2.23. The van der Waals surface area contributed by atoms with E-state index in [0.717, 1.165) is 78.6 Å². The highest BCUT2D eigenvalue weighted by molar-refractivity contribution is 5.79. The second-order valence-corrected chi connectivity index (χ2v) is 18.1. The number of nitrogens with zero attached hydrogens (tertiary/aromatic N) is 3. The number of benzene rings is 3. The predicted octanol–water partition coefficient (Wildman–Crippen LogP) is 9.67. The normalized spacial score (nSPS) is 12.9. The SMILES string of the molecule is Cc1ccc(CCC(=O)n2oc(=O)c3c2CCCC3)cc1C.Cc1ccc(CNC(=O)n2oc(=O)c(C(C)C)c2C)cc1C.Cc1cccc(C)c1CCC(=O)n1oc(=O)c2c1CCCC2. The molecule has 1 N–H and O–H groups in total. The number of hydrogen-bond acceptors (Lipinski definition) is 9. The zero-order valence-electron chi connectivity index (χ0n) is 40.0. The van der Waals surface area contributed by atoms with Crippen molar-refractivity contribution in [3.05, 3.63) is 170 Å². The van der Waals surface area contributed by atoms with Crippen molar-refractivity contribution in [3.63, 3.8) is 0 Å². The zero-order chi connectivity index (χ0) is 47.8. The van der Waals surface area contributed by atoms with Crippen LogP contribution in [0.2, 0.25) is 0 Å². The fraction of sp³-hybridized carbons (Fsp3) is 0.434. The number of aromatic nitrogens is 3. The third-order valence-corrected chi connectivity index (χ3v) is 13.0. The molecule has 0 aliphatic heterocycles. The Morgan fingerprint density at radius 2 is 1.03 bits per heavy atom. The van der Waals surface area contributed by atoms with Crippen molar-refractivity contribution in [1.29, 1.82) is 0 Å². The fourth-order valence-corrected chi connectivity index (χ4v) is 8.81. The Bertz CT molecular complexity index is 2890. The lowest BCUT2D eigenvalue weighted by Crippen LogP contribution is -2.28. The second-order valence-electron chi connectivity index (χ2n) is 18.1. The summed E-state index contributed by atoms with van der Waals surface area (Å²) in [5.74, 6) is -0.230. The van der Waals surface area contributed by atoms with E-state index in [0.29, 0.717) is 54.6 Å². The van der Waals surface area contributed by atoms with Gasteiger partial charge in [-0.1, -0.05) is 68.4 Å². The summed E-state index contributed by atoms with van der Waals surface area (Å²) >= 11 is 0. The van der Waals surface area contributed by atoms with Gasteiger partial charge in [0.1, 0.15) is 0 Å². The van der Waals surface area contributed by atoms with E-state index in [-0.39, 0.29) is 29.0 Å². The van der Waals surface area contributed by atoms with Crippen LogP contribution < -0.4 is 22.2 Å². The molecular weight excluding hydrogens is 837 g/mol. The van der Waals surface area contributed by atoms with E-state index < -0.39 is 11.7 Å². The van der Waals surface area contributed by atoms with Gasteiger partial charge in [-0.2, -0.15) is 0 Å². The molecule has 66 heavy (non-hydrogen) atoms. The summed E-state index contributed by atoms with van der Waals surface area (Å²) in [7, 11) is 0. The predicted molar refractivity (Wildman–Crippen MR) is 254 cm³/mol. The summed E-state index contributed by atoms with van der Waals surface area (Å²) in [5.41, 5.74) is 13.6. The molecule has 1 amide bonds. The molecule has 13 nitrogen and oxygen atoms in total. The number of carbonyl (C=O) groups excluding carboxylic acids is 3. The van der Waals surface area contributed by atoms with Crippen LogP contribution in [0.25, 0.3) is 0 Å². The zero-order valence-corrected chi connectivity index (χ0v) is 40.0. The number of nitrogens with one attached hydrogen (secondary N) is 1. The van der Waals surface area contributed by atoms with Crippen LogP contribution >= 0.6 is 0 Å². The van der Waals surface area contributed by atoms with Crippen LogP contribution in [-0.2, 0) is 45.1 Å². The summed E-state index contributed by atoms with van der Waals surface area (Å²) < 4.78 is 19.0. The maximum absolute atomic E-state index is 12.5. The van der Waals surface area contributed by atoms with Crippen molar-refractivity contribution in [2.24, 2.45) is 0 Å². The van der Waals surface area contributed by atoms with Gasteiger partial charge in [-0.25, -0.2) is 19.2 Å². The van der Waals surface area contributed by atoms with Crippen LogP contribution in [0.15, 0.2) is 82.6 Å². The van der Waals surface area contributed by atoms with E-state index in [1.165, 1.54) is 48.4 Å². The molecule has 3 aromatic carbocycles. The molecule has 6 aromatic rings. The summed E-state index contributed by atoms with van der Waals surface area (Å²) in [6.45, 7) is 18.2. The van der Waals surface area contributed by atoms with Gasteiger partial charge in [0.15, 0.2) is 0 Å². The molecule has 0 saturated carbocycles. The Kier molecular flexibility index (Phi) is 16.1. The number of hydrogen-bond donors (Lipinski definition) is 1. The first-order chi connectivity index (χ1) is 31.4. The van der Waals surface area contributed by atoms with Crippen molar-refractivity contribution in [2.45, 2.75) is 152 Å². The van der Waals surface area contributed by atoms with Gasteiger partial charge in [0, 0.05) is 19.4 Å². The molecular formula is C53H64N4O9. The highest BCUT2D eigenvalue weighted by atomic mass is 16.5. The second kappa shape index (κ2) is 21.7. The lowest BCUT2D eigenvalue weighted by Gasteiger charge is -2.12. The molecule has 0 bridgehead atoms. The van der Waals surface area contributed by atoms with Gasteiger partial charge in [0.05, 0.1) is 33.8 Å². The van der Waals surface area contributed by atoms with Crippen molar-refractivity contribution in [1.82, 2.24) is 19.5 Å². The minimum Gasteiger partial charge on any atom is -0.331 e. The van der Waals surface area contributed by atoms with Crippen LogP contribution in [0.5, 0.6) is 0 Å².